The molecule has 7 nitrogen and oxygen atoms in total. The van der Waals surface area contributed by atoms with Crippen molar-refractivity contribution in [1.29, 1.82) is 0 Å². The van der Waals surface area contributed by atoms with E-state index in [2.05, 4.69) is 10.1 Å². The summed E-state index contributed by atoms with van der Waals surface area (Å²) in [5, 5.41) is 4.69. The molecule has 0 saturated carbocycles. The molecular formula is C14H24N4O3S. The van der Waals surface area contributed by atoms with Crippen molar-refractivity contribution in [3.63, 3.8) is 0 Å². The molecule has 0 bridgehead atoms. The van der Waals surface area contributed by atoms with Gasteiger partial charge in [-0.2, -0.15) is 4.68 Å². The lowest BCUT2D eigenvalue weighted by atomic mass is 10.1. The van der Waals surface area contributed by atoms with E-state index in [4.69, 9.17) is 4.74 Å². The van der Waals surface area contributed by atoms with Crippen LogP contribution in [0.4, 0.5) is 4.79 Å². The minimum absolute atomic E-state index is 0.0948. The van der Waals surface area contributed by atoms with Gasteiger partial charge in [0.05, 0.1) is 11.9 Å². The molecule has 0 fully saturated rings. The fourth-order valence-corrected chi connectivity index (χ4v) is 2.25. The van der Waals surface area contributed by atoms with Crippen LogP contribution in [0.2, 0.25) is 0 Å². The first kappa shape index (κ1) is 18.5. The van der Waals surface area contributed by atoms with E-state index in [1.165, 1.54) is 9.58 Å². The third-order valence-corrected chi connectivity index (χ3v) is 3.80. The number of hydrogen-bond donors (Lipinski definition) is 0. The van der Waals surface area contributed by atoms with Crippen LogP contribution < -0.4 is 0 Å². The average Bonchev–Trinajstić information content (AvgIpc) is 2.86. The lowest BCUT2D eigenvalue weighted by molar-refractivity contribution is -0.144. The van der Waals surface area contributed by atoms with Crippen molar-refractivity contribution in [3.8, 4) is 0 Å². The third kappa shape index (κ3) is 5.01. The highest BCUT2D eigenvalue weighted by atomic mass is 32.2. The molecule has 0 aromatic carbocycles. The smallest absolute Gasteiger partial charge is 0.346 e. The van der Waals surface area contributed by atoms with Gasteiger partial charge in [-0.1, -0.05) is 25.6 Å². The molecule has 1 aromatic heterocycles. The first-order chi connectivity index (χ1) is 10.3. The number of hydrogen-bond acceptors (Lipinski definition) is 6. The van der Waals surface area contributed by atoms with Gasteiger partial charge in [0.15, 0.2) is 11.0 Å². The van der Waals surface area contributed by atoms with Crippen LogP contribution in [0.25, 0.3) is 0 Å². The molecule has 0 N–H and O–H groups in total. The Kier molecular flexibility index (Phi) is 6.86. The van der Waals surface area contributed by atoms with Crippen LogP contribution in [0.3, 0.4) is 0 Å². The molecule has 0 aliphatic rings. The SMILES string of the molecule is CCC(C)c1nc(SCC(=O)OC(C)C)n(C(=O)N(C)C)n1. The Balaban J connectivity index is 2.93. The normalized spacial score (nSPS) is 12.3. The Bertz CT molecular complexity index is 528. The monoisotopic (exact) mass is 328 g/mol. The van der Waals surface area contributed by atoms with Gasteiger partial charge in [0.2, 0.25) is 0 Å². The minimum atomic E-state index is -0.336. The second kappa shape index (κ2) is 8.17. The standard InChI is InChI=1S/C14H24N4O3S/c1-7-10(4)12-15-13(18(16-12)14(20)17(5)6)22-8-11(19)21-9(2)3/h9-10H,7-8H2,1-6H3. The first-order valence-electron chi connectivity index (χ1n) is 7.27. The highest BCUT2D eigenvalue weighted by Crippen LogP contribution is 2.21. The molecule has 1 heterocycles. The summed E-state index contributed by atoms with van der Waals surface area (Å²) < 4.78 is 6.33. The molecule has 8 heteroatoms. The fourth-order valence-electron chi connectivity index (χ4n) is 1.53. The molecule has 0 saturated heterocycles. The van der Waals surface area contributed by atoms with Gasteiger partial charge in [-0.15, -0.1) is 5.10 Å². The number of amides is 1. The van der Waals surface area contributed by atoms with Gasteiger partial charge in [0.25, 0.3) is 0 Å². The van der Waals surface area contributed by atoms with Gasteiger partial charge >= 0.3 is 12.0 Å². The highest BCUT2D eigenvalue weighted by molar-refractivity contribution is 7.99. The van der Waals surface area contributed by atoms with Crippen molar-refractivity contribution in [2.75, 3.05) is 19.8 Å². The zero-order chi connectivity index (χ0) is 16.9. The van der Waals surface area contributed by atoms with E-state index in [9.17, 15) is 9.59 Å². The van der Waals surface area contributed by atoms with Gasteiger partial charge < -0.3 is 9.64 Å². The van der Waals surface area contributed by atoms with E-state index < -0.39 is 0 Å². The fraction of sp³-hybridized carbons (Fsp3) is 0.714. The summed E-state index contributed by atoms with van der Waals surface area (Å²) in [5.74, 6) is 0.518. The number of ether oxygens (including phenoxy) is 1. The molecule has 0 aliphatic heterocycles. The summed E-state index contributed by atoms with van der Waals surface area (Å²) >= 11 is 1.16. The Morgan fingerprint density at radius 2 is 1.95 bits per heavy atom. The van der Waals surface area contributed by atoms with E-state index in [0.29, 0.717) is 11.0 Å². The minimum Gasteiger partial charge on any atom is -0.462 e. The average molecular weight is 328 g/mol. The lowest BCUT2D eigenvalue weighted by Crippen LogP contribution is -2.29. The largest absolute Gasteiger partial charge is 0.462 e. The van der Waals surface area contributed by atoms with Crippen molar-refractivity contribution in [3.05, 3.63) is 5.82 Å². The van der Waals surface area contributed by atoms with Crippen LogP contribution in [0.5, 0.6) is 0 Å². The summed E-state index contributed by atoms with van der Waals surface area (Å²) in [6.07, 6.45) is 0.713. The summed E-state index contributed by atoms with van der Waals surface area (Å²) in [4.78, 5) is 29.6. The maximum Gasteiger partial charge on any atom is 0.346 e. The zero-order valence-corrected chi connectivity index (χ0v) is 14.8. The van der Waals surface area contributed by atoms with Gasteiger partial charge in [0, 0.05) is 20.0 Å². The molecule has 1 unspecified atom stereocenters. The Labute approximate surface area is 135 Å². The van der Waals surface area contributed by atoms with Crippen LogP contribution >= 0.6 is 11.8 Å². The number of esters is 1. The summed E-state index contributed by atoms with van der Waals surface area (Å²) in [6.45, 7) is 7.62. The Hall–Kier alpha value is -1.57. The second-order valence-corrected chi connectivity index (χ2v) is 6.42. The van der Waals surface area contributed by atoms with Gasteiger partial charge in [-0.3, -0.25) is 4.79 Å². The molecule has 1 aromatic rings. The van der Waals surface area contributed by atoms with Crippen molar-refractivity contribution in [2.24, 2.45) is 0 Å². The summed E-state index contributed by atoms with van der Waals surface area (Å²) in [7, 11) is 3.29. The molecule has 1 atom stereocenters. The molecule has 1 amide bonds. The molecule has 0 spiro atoms. The predicted molar refractivity (Wildman–Crippen MR) is 85.2 cm³/mol. The Morgan fingerprint density at radius 3 is 2.45 bits per heavy atom. The molecule has 0 aliphatic carbocycles. The molecule has 0 radical (unpaired) electrons. The molecular weight excluding hydrogens is 304 g/mol. The molecule has 124 valence electrons. The second-order valence-electron chi connectivity index (χ2n) is 5.48. The third-order valence-electron chi connectivity index (χ3n) is 2.90. The van der Waals surface area contributed by atoms with Crippen molar-refractivity contribution in [2.45, 2.75) is 51.3 Å². The number of carbonyl (C=O) groups is 2. The quantitative estimate of drug-likeness (QED) is 0.589. The topological polar surface area (TPSA) is 77.3 Å². The number of thioether (sulfide) groups is 1. The van der Waals surface area contributed by atoms with Gasteiger partial charge in [-0.05, 0) is 20.3 Å². The number of nitrogens with zero attached hydrogens (tertiary/aromatic N) is 4. The predicted octanol–water partition coefficient (Wildman–Crippen LogP) is 2.37. The Morgan fingerprint density at radius 1 is 1.32 bits per heavy atom. The van der Waals surface area contributed by atoms with Crippen molar-refractivity contribution in [1.82, 2.24) is 19.7 Å². The first-order valence-corrected chi connectivity index (χ1v) is 8.25. The van der Waals surface area contributed by atoms with E-state index in [-0.39, 0.29) is 29.8 Å². The molecule has 22 heavy (non-hydrogen) atoms. The van der Waals surface area contributed by atoms with Crippen LogP contribution in [0.15, 0.2) is 5.16 Å². The van der Waals surface area contributed by atoms with Crippen LogP contribution in [-0.2, 0) is 9.53 Å². The van der Waals surface area contributed by atoms with E-state index in [1.54, 1.807) is 27.9 Å². The number of carbonyl (C=O) groups excluding carboxylic acids is 2. The summed E-state index contributed by atoms with van der Waals surface area (Å²) in [5.41, 5.74) is 0. The van der Waals surface area contributed by atoms with Gasteiger partial charge in [0.1, 0.15) is 0 Å². The van der Waals surface area contributed by atoms with Crippen molar-refractivity contribution < 1.29 is 14.3 Å². The molecule has 1 rings (SSSR count). The van der Waals surface area contributed by atoms with Crippen LogP contribution in [0, 0.1) is 0 Å². The number of rotatable bonds is 6. The van der Waals surface area contributed by atoms with Crippen LogP contribution in [0.1, 0.15) is 45.9 Å². The maximum atomic E-state index is 12.2. The van der Waals surface area contributed by atoms with Gasteiger partial charge in [-0.25, -0.2) is 9.78 Å². The maximum absolute atomic E-state index is 12.2. The highest BCUT2D eigenvalue weighted by Gasteiger charge is 2.21. The van der Waals surface area contributed by atoms with E-state index in [0.717, 1.165) is 18.2 Å². The zero-order valence-electron chi connectivity index (χ0n) is 14.0. The van der Waals surface area contributed by atoms with Crippen LogP contribution in [-0.4, -0.2) is 57.6 Å². The summed E-state index contributed by atoms with van der Waals surface area (Å²) in [6, 6.07) is -0.290. The van der Waals surface area contributed by atoms with E-state index in [1.807, 2.05) is 13.8 Å². The van der Waals surface area contributed by atoms with Crippen molar-refractivity contribution >= 4 is 23.8 Å². The lowest BCUT2D eigenvalue weighted by Gasteiger charge is -2.11. The number of aromatic nitrogens is 3. The van der Waals surface area contributed by atoms with E-state index >= 15 is 0 Å².